The Bertz CT molecular complexity index is 955. The molecule has 2 rings (SSSR count). The molecule has 0 unspecified atom stereocenters. The number of nitro benzene ring substituents is 1. The highest BCUT2D eigenvalue weighted by atomic mass is 32.2. The van der Waals surface area contributed by atoms with Crippen molar-refractivity contribution in [3.63, 3.8) is 0 Å². The van der Waals surface area contributed by atoms with Crippen LogP contribution in [0.5, 0.6) is 0 Å². The van der Waals surface area contributed by atoms with Crippen molar-refractivity contribution in [1.29, 1.82) is 0 Å². The summed E-state index contributed by atoms with van der Waals surface area (Å²) in [5.41, 5.74) is 0.622. The van der Waals surface area contributed by atoms with Crippen LogP contribution in [0.3, 0.4) is 0 Å². The molecule has 0 heterocycles. The molecule has 26 heavy (non-hydrogen) atoms. The zero-order chi connectivity index (χ0) is 19.5. The highest BCUT2D eigenvalue weighted by molar-refractivity contribution is 7.89. The Morgan fingerprint density at radius 3 is 2.42 bits per heavy atom. The van der Waals surface area contributed by atoms with Crippen LogP contribution in [0.1, 0.15) is 29.8 Å². The van der Waals surface area contributed by atoms with Crippen LogP contribution in [0.4, 0.5) is 11.4 Å². The first-order valence-corrected chi connectivity index (χ1v) is 9.28. The van der Waals surface area contributed by atoms with Crippen molar-refractivity contribution in [3.8, 4) is 0 Å². The van der Waals surface area contributed by atoms with Crippen LogP contribution in [0.15, 0.2) is 47.4 Å². The van der Waals surface area contributed by atoms with E-state index in [1.807, 2.05) is 0 Å². The predicted octanol–water partition coefficient (Wildman–Crippen LogP) is 2.84. The fourth-order valence-electron chi connectivity index (χ4n) is 2.33. The van der Waals surface area contributed by atoms with E-state index in [2.05, 4.69) is 10.0 Å². The summed E-state index contributed by atoms with van der Waals surface area (Å²) in [5.74, 6) is -0.560. The molecule has 0 bridgehead atoms. The molecule has 0 aliphatic carbocycles. The number of sulfonamides is 1. The lowest BCUT2D eigenvalue weighted by molar-refractivity contribution is -0.385. The van der Waals surface area contributed by atoms with Crippen molar-refractivity contribution in [1.82, 2.24) is 4.72 Å². The number of rotatable bonds is 6. The molecule has 1 amide bonds. The summed E-state index contributed by atoms with van der Waals surface area (Å²) in [7, 11) is -3.73. The molecule has 2 aromatic carbocycles. The quantitative estimate of drug-likeness (QED) is 0.593. The predicted molar refractivity (Wildman–Crippen MR) is 97.7 cm³/mol. The number of anilines is 1. The summed E-state index contributed by atoms with van der Waals surface area (Å²) in [5, 5.41) is 13.6. The summed E-state index contributed by atoms with van der Waals surface area (Å²) >= 11 is 0. The summed E-state index contributed by atoms with van der Waals surface area (Å²) in [6.45, 7) is 4.92. The molecule has 2 aromatic rings. The van der Waals surface area contributed by atoms with Crippen molar-refractivity contribution in [3.05, 3.63) is 63.7 Å². The van der Waals surface area contributed by atoms with E-state index in [1.54, 1.807) is 19.9 Å². The molecular formula is C17H19N3O5S. The van der Waals surface area contributed by atoms with E-state index in [9.17, 15) is 23.3 Å². The Kier molecular flexibility index (Phi) is 5.73. The van der Waals surface area contributed by atoms with E-state index in [1.165, 1.54) is 43.3 Å². The van der Waals surface area contributed by atoms with E-state index in [-0.39, 0.29) is 27.9 Å². The Labute approximate surface area is 151 Å². The smallest absolute Gasteiger partial charge is 0.274 e. The van der Waals surface area contributed by atoms with E-state index in [4.69, 9.17) is 0 Å². The fourth-order valence-corrected chi connectivity index (χ4v) is 3.63. The fraction of sp³-hybridized carbons (Fsp3) is 0.235. The molecule has 8 nitrogen and oxygen atoms in total. The van der Waals surface area contributed by atoms with Crippen LogP contribution >= 0.6 is 0 Å². The monoisotopic (exact) mass is 377 g/mol. The van der Waals surface area contributed by atoms with Crippen LogP contribution in [-0.2, 0) is 10.0 Å². The normalized spacial score (nSPS) is 11.4. The van der Waals surface area contributed by atoms with Gasteiger partial charge in [-0.3, -0.25) is 14.9 Å². The number of nitrogens with zero attached hydrogens (tertiary/aromatic N) is 1. The van der Waals surface area contributed by atoms with Crippen molar-refractivity contribution in [2.24, 2.45) is 0 Å². The standard InChI is InChI=1S/C17H19N3O5S/c1-11(2)19-26(24,25)14-7-4-6-13(10-14)17(21)18-15-8-5-9-16(12(15)3)20(22)23/h4-11,19H,1-3H3,(H,18,21). The van der Waals surface area contributed by atoms with Gasteiger partial charge in [-0.2, -0.15) is 0 Å². The third kappa shape index (κ3) is 4.44. The average Bonchev–Trinajstić information content (AvgIpc) is 2.55. The van der Waals surface area contributed by atoms with Crippen LogP contribution in [0.2, 0.25) is 0 Å². The lowest BCUT2D eigenvalue weighted by Gasteiger charge is -2.11. The third-order valence-corrected chi connectivity index (χ3v) is 5.20. The van der Waals surface area contributed by atoms with Gasteiger partial charge in [-0.05, 0) is 45.0 Å². The number of hydrogen-bond acceptors (Lipinski definition) is 5. The number of hydrogen-bond donors (Lipinski definition) is 2. The van der Waals surface area contributed by atoms with Crippen molar-refractivity contribution in [2.75, 3.05) is 5.32 Å². The van der Waals surface area contributed by atoms with Gasteiger partial charge in [-0.25, -0.2) is 13.1 Å². The number of benzene rings is 2. The molecule has 0 saturated carbocycles. The minimum absolute atomic E-state index is 0.0328. The van der Waals surface area contributed by atoms with Gasteiger partial charge in [0.05, 0.1) is 21.1 Å². The molecule has 0 aliphatic rings. The molecule has 0 atom stereocenters. The van der Waals surface area contributed by atoms with E-state index in [0.717, 1.165) is 0 Å². The second-order valence-electron chi connectivity index (χ2n) is 5.96. The summed E-state index contributed by atoms with van der Waals surface area (Å²) < 4.78 is 26.9. The highest BCUT2D eigenvalue weighted by Crippen LogP contribution is 2.25. The van der Waals surface area contributed by atoms with E-state index >= 15 is 0 Å². The zero-order valence-electron chi connectivity index (χ0n) is 14.5. The molecule has 0 spiro atoms. The number of carbonyl (C=O) groups is 1. The minimum Gasteiger partial charge on any atom is -0.321 e. The van der Waals surface area contributed by atoms with E-state index in [0.29, 0.717) is 5.56 Å². The van der Waals surface area contributed by atoms with Gasteiger partial charge in [-0.1, -0.05) is 12.1 Å². The van der Waals surface area contributed by atoms with Gasteiger partial charge < -0.3 is 5.32 Å². The first-order chi connectivity index (χ1) is 12.1. The second-order valence-corrected chi connectivity index (χ2v) is 7.68. The molecular weight excluding hydrogens is 358 g/mol. The van der Waals surface area contributed by atoms with Gasteiger partial charge in [0.1, 0.15) is 0 Å². The molecule has 0 fully saturated rings. The van der Waals surface area contributed by atoms with Crippen LogP contribution < -0.4 is 10.0 Å². The van der Waals surface area contributed by atoms with Crippen LogP contribution in [-0.4, -0.2) is 25.3 Å². The molecule has 9 heteroatoms. The van der Waals surface area contributed by atoms with Gasteiger partial charge in [0, 0.05) is 17.7 Å². The molecule has 138 valence electrons. The molecule has 0 aliphatic heterocycles. The maximum atomic E-state index is 12.5. The summed E-state index contributed by atoms with van der Waals surface area (Å²) in [6.07, 6.45) is 0. The van der Waals surface area contributed by atoms with Gasteiger partial charge in [0.25, 0.3) is 11.6 Å². The first kappa shape index (κ1) is 19.5. The Morgan fingerprint density at radius 1 is 1.15 bits per heavy atom. The van der Waals surface area contributed by atoms with E-state index < -0.39 is 20.9 Å². The summed E-state index contributed by atoms with van der Waals surface area (Å²) in [4.78, 5) is 22.9. The molecule has 2 N–H and O–H groups in total. The Morgan fingerprint density at radius 2 is 1.81 bits per heavy atom. The largest absolute Gasteiger partial charge is 0.321 e. The van der Waals surface area contributed by atoms with Gasteiger partial charge in [0.2, 0.25) is 10.0 Å². The maximum Gasteiger partial charge on any atom is 0.274 e. The topological polar surface area (TPSA) is 118 Å². The SMILES string of the molecule is Cc1c(NC(=O)c2cccc(S(=O)(=O)NC(C)C)c2)cccc1[N+](=O)[O-]. The lowest BCUT2D eigenvalue weighted by atomic mass is 10.1. The third-order valence-electron chi connectivity index (χ3n) is 3.55. The second kappa shape index (κ2) is 7.63. The number of nitro groups is 1. The molecule has 0 radical (unpaired) electrons. The number of amides is 1. The maximum absolute atomic E-state index is 12.5. The van der Waals surface area contributed by atoms with Gasteiger partial charge in [-0.15, -0.1) is 0 Å². The van der Waals surface area contributed by atoms with Crippen molar-refractivity contribution < 1.29 is 18.1 Å². The van der Waals surface area contributed by atoms with Crippen LogP contribution in [0, 0.1) is 17.0 Å². The van der Waals surface area contributed by atoms with Crippen molar-refractivity contribution in [2.45, 2.75) is 31.7 Å². The van der Waals surface area contributed by atoms with Crippen LogP contribution in [0.25, 0.3) is 0 Å². The first-order valence-electron chi connectivity index (χ1n) is 7.79. The number of carbonyl (C=O) groups excluding carboxylic acids is 1. The molecule has 0 aromatic heterocycles. The van der Waals surface area contributed by atoms with Gasteiger partial charge >= 0.3 is 0 Å². The minimum atomic E-state index is -3.73. The zero-order valence-corrected chi connectivity index (χ0v) is 15.3. The van der Waals surface area contributed by atoms with Gasteiger partial charge in [0.15, 0.2) is 0 Å². The lowest BCUT2D eigenvalue weighted by Crippen LogP contribution is -2.30. The average molecular weight is 377 g/mol. The van der Waals surface area contributed by atoms with Crippen molar-refractivity contribution >= 4 is 27.3 Å². The highest BCUT2D eigenvalue weighted by Gasteiger charge is 2.19. The summed E-state index contributed by atoms with van der Waals surface area (Å²) in [6, 6.07) is 9.64. The molecule has 0 saturated heterocycles. The number of nitrogens with one attached hydrogen (secondary N) is 2. The Balaban J connectivity index is 2.31. The Hall–Kier alpha value is -2.78.